The van der Waals surface area contributed by atoms with Crippen molar-refractivity contribution >= 4 is 0 Å². The van der Waals surface area contributed by atoms with E-state index in [4.69, 9.17) is 0 Å². The van der Waals surface area contributed by atoms with E-state index in [-0.39, 0.29) is 11.1 Å². The zero-order valence-corrected chi connectivity index (χ0v) is 13.1. The molecule has 0 amide bonds. The molecule has 0 unspecified atom stereocenters. The van der Waals surface area contributed by atoms with Gasteiger partial charge >= 0.3 is 0 Å². The molecule has 0 bridgehead atoms. The van der Waals surface area contributed by atoms with Gasteiger partial charge in [0.1, 0.15) is 5.82 Å². The highest BCUT2D eigenvalue weighted by Gasteiger charge is 2.26. The normalized spacial score (nSPS) is 10.9. The number of rotatable bonds is 2. The Kier molecular flexibility index (Phi) is 4.14. The van der Waals surface area contributed by atoms with Crippen molar-refractivity contribution in [3.05, 3.63) is 82.9 Å². The third kappa shape index (κ3) is 2.68. The third-order valence-electron chi connectivity index (χ3n) is 3.94. The lowest BCUT2D eigenvalue weighted by molar-refractivity contribution is 0.440. The van der Waals surface area contributed by atoms with Crippen LogP contribution < -0.4 is 0 Å². The van der Waals surface area contributed by atoms with Crippen LogP contribution in [0.4, 0.5) is 17.6 Å². The van der Waals surface area contributed by atoms with Crippen LogP contribution in [0.5, 0.6) is 0 Å². The molecule has 0 aromatic heterocycles. The van der Waals surface area contributed by atoms with Gasteiger partial charge in [0.15, 0.2) is 17.5 Å². The van der Waals surface area contributed by atoms with Crippen molar-refractivity contribution in [1.29, 1.82) is 0 Å². The van der Waals surface area contributed by atoms with Gasteiger partial charge in [0.25, 0.3) is 0 Å². The SMILES string of the molecule is Cc1ccc(-c2c(F)c(F)c(F)c(-c3ccc(C)cc3)c2F)cc1. The Bertz CT molecular complexity index is 822. The van der Waals surface area contributed by atoms with Crippen LogP contribution in [0.1, 0.15) is 11.1 Å². The summed E-state index contributed by atoms with van der Waals surface area (Å²) in [4.78, 5) is 0. The van der Waals surface area contributed by atoms with Crippen molar-refractivity contribution in [2.75, 3.05) is 0 Å². The second-order valence-electron chi connectivity index (χ2n) is 5.74. The summed E-state index contributed by atoms with van der Waals surface area (Å²) in [5.74, 6) is -5.84. The van der Waals surface area contributed by atoms with Crippen molar-refractivity contribution in [3.63, 3.8) is 0 Å². The van der Waals surface area contributed by atoms with Crippen LogP contribution in [-0.4, -0.2) is 0 Å². The molecule has 0 heterocycles. The summed E-state index contributed by atoms with van der Waals surface area (Å²) in [6.45, 7) is 3.64. The lowest BCUT2D eigenvalue weighted by Crippen LogP contribution is -2.03. The van der Waals surface area contributed by atoms with E-state index < -0.39 is 34.4 Å². The van der Waals surface area contributed by atoms with Crippen LogP contribution in [0.15, 0.2) is 48.5 Å². The Labute approximate surface area is 137 Å². The van der Waals surface area contributed by atoms with E-state index in [0.29, 0.717) is 0 Å². The summed E-state index contributed by atoms with van der Waals surface area (Å²) in [5, 5.41) is 0. The van der Waals surface area contributed by atoms with Gasteiger partial charge in [0.2, 0.25) is 0 Å². The van der Waals surface area contributed by atoms with Gasteiger partial charge in [-0.05, 0) is 25.0 Å². The van der Waals surface area contributed by atoms with Crippen molar-refractivity contribution in [2.45, 2.75) is 13.8 Å². The Morgan fingerprint density at radius 3 is 1.12 bits per heavy atom. The summed E-state index contributed by atoms with van der Waals surface area (Å²) < 4.78 is 57.4. The Balaban J connectivity index is 2.31. The maximum Gasteiger partial charge on any atom is 0.195 e. The van der Waals surface area contributed by atoms with E-state index >= 15 is 0 Å². The number of halogens is 4. The van der Waals surface area contributed by atoms with Gasteiger partial charge in [0, 0.05) is 0 Å². The fourth-order valence-corrected chi connectivity index (χ4v) is 2.58. The Morgan fingerprint density at radius 2 is 0.792 bits per heavy atom. The van der Waals surface area contributed by atoms with Gasteiger partial charge in [-0.3, -0.25) is 0 Å². The lowest BCUT2D eigenvalue weighted by atomic mass is 9.95. The first-order chi connectivity index (χ1) is 11.4. The molecule has 0 aliphatic carbocycles. The highest BCUT2D eigenvalue weighted by molar-refractivity contribution is 5.75. The molecule has 0 spiro atoms. The molecule has 3 aromatic rings. The molecule has 122 valence electrons. The molecule has 3 aromatic carbocycles. The van der Waals surface area contributed by atoms with Crippen molar-refractivity contribution in [2.24, 2.45) is 0 Å². The van der Waals surface area contributed by atoms with Gasteiger partial charge in [-0.15, -0.1) is 0 Å². The first-order valence-electron chi connectivity index (χ1n) is 7.40. The first kappa shape index (κ1) is 16.2. The smallest absolute Gasteiger partial charge is 0.195 e. The molecule has 0 saturated heterocycles. The molecule has 3 rings (SSSR count). The minimum absolute atomic E-state index is 0.155. The number of hydrogen-bond acceptors (Lipinski definition) is 0. The monoisotopic (exact) mass is 330 g/mol. The number of benzene rings is 3. The van der Waals surface area contributed by atoms with Crippen molar-refractivity contribution in [3.8, 4) is 22.3 Å². The fourth-order valence-electron chi connectivity index (χ4n) is 2.58. The summed E-state index contributed by atoms with van der Waals surface area (Å²) in [6.07, 6.45) is 0. The molecule has 0 radical (unpaired) electrons. The molecule has 0 aliphatic rings. The van der Waals surface area contributed by atoms with Crippen molar-refractivity contribution in [1.82, 2.24) is 0 Å². The predicted octanol–water partition coefficient (Wildman–Crippen LogP) is 6.19. The van der Waals surface area contributed by atoms with Crippen LogP contribution in [0.2, 0.25) is 0 Å². The molecule has 24 heavy (non-hydrogen) atoms. The second-order valence-corrected chi connectivity index (χ2v) is 5.74. The second kappa shape index (κ2) is 6.11. The summed E-state index contributed by atoms with van der Waals surface area (Å²) >= 11 is 0. The molecular formula is C20H14F4. The van der Waals surface area contributed by atoms with Gasteiger partial charge in [-0.1, -0.05) is 59.7 Å². The van der Waals surface area contributed by atoms with Crippen LogP contribution in [0.25, 0.3) is 22.3 Å². The van der Waals surface area contributed by atoms with E-state index in [1.165, 1.54) is 24.3 Å². The van der Waals surface area contributed by atoms with Crippen LogP contribution in [-0.2, 0) is 0 Å². The topological polar surface area (TPSA) is 0 Å². The Hall–Kier alpha value is -2.62. The van der Waals surface area contributed by atoms with E-state index in [9.17, 15) is 17.6 Å². The average Bonchev–Trinajstić information content (AvgIpc) is 2.56. The fraction of sp³-hybridized carbons (Fsp3) is 0.100. The minimum Gasteiger partial charge on any atom is -0.205 e. The van der Waals surface area contributed by atoms with Crippen LogP contribution in [0.3, 0.4) is 0 Å². The highest BCUT2D eigenvalue weighted by Crippen LogP contribution is 2.37. The standard InChI is InChI=1S/C20H14F4/c1-11-3-7-13(8-4-11)15-17(21)16(19(23)20(24)18(15)22)14-9-5-12(2)6-10-14/h3-10H,1-2H3. The Morgan fingerprint density at radius 1 is 0.458 bits per heavy atom. The molecule has 0 fully saturated rings. The van der Waals surface area contributed by atoms with Crippen LogP contribution >= 0.6 is 0 Å². The van der Waals surface area contributed by atoms with Crippen molar-refractivity contribution < 1.29 is 17.6 Å². The quantitative estimate of drug-likeness (QED) is 0.298. The molecule has 0 atom stereocenters. The number of aryl methyl sites for hydroxylation is 2. The zero-order valence-electron chi connectivity index (χ0n) is 13.1. The highest BCUT2D eigenvalue weighted by atomic mass is 19.2. The predicted molar refractivity (Wildman–Crippen MR) is 86.6 cm³/mol. The van der Waals surface area contributed by atoms with Crippen LogP contribution in [0, 0.1) is 37.1 Å². The lowest BCUT2D eigenvalue weighted by Gasteiger charge is -2.13. The molecule has 0 N–H and O–H groups in total. The van der Waals surface area contributed by atoms with Gasteiger partial charge in [-0.2, -0.15) is 0 Å². The molecule has 0 nitrogen and oxygen atoms in total. The maximum atomic E-state index is 14.9. The molecule has 0 aliphatic heterocycles. The van der Waals surface area contributed by atoms with Gasteiger partial charge in [0.05, 0.1) is 11.1 Å². The molecule has 4 heteroatoms. The van der Waals surface area contributed by atoms with E-state index in [2.05, 4.69) is 0 Å². The van der Waals surface area contributed by atoms with Gasteiger partial charge in [-0.25, -0.2) is 17.6 Å². The number of hydrogen-bond donors (Lipinski definition) is 0. The van der Waals surface area contributed by atoms with E-state index in [1.807, 2.05) is 13.8 Å². The average molecular weight is 330 g/mol. The summed E-state index contributed by atoms with van der Waals surface area (Å²) in [7, 11) is 0. The zero-order chi connectivity index (χ0) is 17.4. The summed E-state index contributed by atoms with van der Waals surface area (Å²) in [6, 6.07) is 12.5. The largest absolute Gasteiger partial charge is 0.205 e. The van der Waals surface area contributed by atoms with E-state index in [0.717, 1.165) is 11.1 Å². The first-order valence-corrected chi connectivity index (χ1v) is 7.40. The van der Waals surface area contributed by atoms with Gasteiger partial charge < -0.3 is 0 Å². The maximum absolute atomic E-state index is 14.9. The minimum atomic E-state index is -1.68. The van der Waals surface area contributed by atoms with E-state index in [1.54, 1.807) is 24.3 Å². The molecule has 0 saturated carbocycles. The summed E-state index contributed by atoms with van der Waals surface area (Å²) in [5.41, 5.74) is 0.960. The molecular weight excluding hydrogens is 316 g/mol. The third-order valence-corrected chi connectivity index (χ3v) is 3.94.